The molecule has 2 aromatic rings. The van der Waals surface area contributed by atoms with Crippen molar-refractivity contribution in [3.8, 4) is 0 Å². The van der Waals surface area contributed by atoms with E-state index in [1.165, 1.54) is 0 Å². The van der Waals surface area contributed by atoms with Gasteiger partial charge in [0.25, 0.3) is 0 Å². The Kier molecular flexibility index (Phi) is 3.09. The molecule has 0 aliphatic heterocycles. The number of rotatable bonds is 1. The number of imidazole rings is 1. The molecule has 0 fully saturated rings. The normalized spacial score (nSPS) is 11.7. The van der Waals surface area contributed by atoms with Crippen molar-refractivity contribution in [3.05, 3.63) is 28.7 Å². The second-order valence-corrected chi connectivity index (χ2v) is 5.76. The quantitative estimate of drug-likeness (QED) is 0.680. The molecule has 1 heterocycles. The fraction of sp³-hybridized carbons (Fsp3) is 0.385. The number of H-pyrrole nitrogens is 1. The van der Waals surface area contributed by atoms with Crippen molar-refractivity contribution in [2.45, 2.75) is 20.8 Å². The third-order valence-electron chi connectivity index (χ3n) is 2.68. The molecule has 102 valence electrons. The molecule has 1 aromatic carbocycles. The summed E-state index contributed by atoms with van der Waals surface area (Å²) in [4.78, 5) is 26.5. The number of nitrogen functional groups attached to an aromatic ring is 1. The third kappa shape index (κ3) is 2.78. The number of carbonyl (C=O) groups excluding carboxylic acids is 1. The van der Waals surface area contributed by atoms with Gasteiger partial charge in [0.2, 0.25) is 0 Å². The molecule has 0 saturated heterocycles. The zero-order valence-corrected chi connectivity index (χ0v) is 11.3. The molecule has 0 radical (unpaired) electrons. The highest BCUT2D eigenvalue weighted by Crippen LogP contribution is 2.14. The van der Waals surface area contributed by atoms with Crippen LogP contribution in [0.1, 0.15) is 20.8 Å². The van der Waals surface area contributed by atoms with Crippen molar-refractivity contribution in [3.63, 3.8) is 0 Å². The van der Waals surface area contributed by atoms with E-state index in [1.54, 1.807) is 18.2 Å². The third-order valence-corrected chi connectivity index (χ3v) is 2.68. The molecule has 19 heavy (non-hydrogen) atoms. The van der Waals surface area contributed by atoms with E-state index in [-0.39, 0.29) is 5.41 Å². The minimum absolute atomic E-state index is 0.0458. The van der Waals surface area contributed by atoms with Gasteiger partial charge in [-0.2, -0.15) is 0 Å². The standard InChI is InChI=1S/C13H18N4O2/c1-13(2,3)7-15-11(18)17-10-5-4-8(14)6-9(10)16-12(17)19/h4-6H,7,14H2,1-3H3,(H,15,18)(H,16,19). The van der Waals surface area contributed by atoms with Gasteiger partial charge in [-0.3, -0.25) is 0 Å². The van der Waals surface area contributed by atoms with Crippen LogP contribution < -0.4 is 16.7 Å². The first-order chi connectivity index (χ1) is 8.78. The van der Waals surface area contributed by atoms with Crippen LogP contribution in [0.15, 0.2) is 23.0 Å². The Morgan fingerprint density at radius 1 is 1.42 bits per heavy atom. The SMILES string of the molecule is CC(C)(C)CNC(=O)n1c(=O)[nH]c2cc(N)ccc21. The molecule has 0 aliphatic rings. The first-order valence-electron chi connectivity index (χ1n) is 6.06. The zero-order chi connectivity index (χ0) is 14.2. The van der Waals surface area contributed by atoms with Crippen molar-refractivity contribution in [2.75, 3.05) is 12.3 Å². The van der Waals surface area contributed by atoms with Gasteiger partial charge in [-0.1, -0.05) is 20.8 Å². The molecule has 4 N–H and O–H groups in total. The number of aromatic nitrogens is 2. The van der Waals surface area contributed by atoms with Crippen LogP contribution in [0.25, 0.3) is 11.0 Å². The van der Waals surface area contributed by atoms with E-state index in [9.17, 15) is 9.59 Å². The Morgan fingerprint density at radius 3 is 2.74 bits per heavy atom. The maximum absolute atomic E-state index is 12.1. The van der Waals surface area contributed by atoms with Gasteiger partial charge in [0.15, 0.2) is 0 Å². The minimum atomic E-state index is -0.466. The van der Waals surface area contributed by atoms with E-state index >= 15 is 0 Å². The van der Waals surface area contributed by atoms with Crippen LogP contribution in [0.3, 0.4) is 0 Å². The molecule has 0 spiro atoms. The van der Waals surface area contributed by atoms with E-state index in [0.717, 1.165) is 4.57 Å². The van der Waals surface area contributed by atoms with Crippen LogP contribution in [-0.2, 0) is 0 Å². The first-order valence-corrected chi connectivity index (χ1v) is 6.06. The lowest BCUT2D eigenvalue weighted by Crippen LogP contribution is -2.39. The number of fused-ring (bicyclic) bond motifs is 1. The highest BCUT2D eigenvalue weighted by molar-refractivity contribution is 5.90. The largest absolute Gasteiger partial charge is 0.399 e. The molecule has 0 saturated carbocycles. The van der Waals surface area contributed by atoms with Gasteiger partial charge in [0, 0.05) is 12.2 Å². The summed E-state index contributed by atoms with van der Waals surface area (Å²) in [5.74, 6) is 0. The highest BCUT2D eigenvalue weighted by Gasteiger charge is 2.16. The molecule has 1 amide bonds. The maximum atomic E-state index is 12.1. The van der Waals surface area contributed by atoms with Crippen LogP contribution in [-0.4, -0.2) is 22.1 Å². The van der Waals surface area contributed by atoms with Gasteiger partial charge in [-0.25, -0.2) is 14.2 Å². The summed E-state index contributed by atoms with van der Waals surface area (Å²) in [6.07, 6.45) is 0. The van der Waals surface area contributed by atoms with Crippen LogP contribution >= 0.6 is 0 Å². The van der Waals surface area contributed by atoms with Crippen LogP contribution in [0, 0.1) is 5.41 Å². The predicted molar refractivity (Wildman–Crippen MR) is 75.2 cm³/mol. The summed E-state index contributed by atoms with van der Waals surface area (Å²) >= 11 is 0. The number of benzene rings is 1. The Hall–Kier alpha value is -2.24. The Bertz CT molecular complexity index is 676. The number of anilines is 1. The second kappa shape index (κ2) is 4.46. The van der Waals surface area contributed by atoms with Gasteiger partial charge in [-0.05, 0) is 23.6 Å². The smallest absolute Gasteiger partial charge is 0.334 e. The predicted octanol–water partition coefficient (Wildman–Crippen LogP) is 1.52. The molecule has 2 rings (SSSR count). The fourth-order valence-corrected chi connectivity index (χ4v) is 1.75. The number of hydrogen-bond donors (Lipinski definition) is 3. The zero-order valence-electron chi connectivity index (χ0n) is 11.3. The van der Waals surface area contributed by atoms with Gasteiger partial charge >= 0.3 is 11.7 Å². The average molecular weight is 262 g/mol. The fourth-order valence-electron chi connectivity index (χ4n) is 1.75. The van der Waals surface area contributed by atoms with E-state index in [2.05, 4.69) is 10.3 Å². The molecule has 0 unspecified atom stereocenters. The first kappa shape index (κ1) is 13.2. The molecular formula is C13H18N4O2. The lowest BCUT2D eigenvalue weighted by molar-refractivity contribution is 0.237. The van der Waals surface area contributed by atoms with Crippen molar-refractivity contribution in [1.29, 1.82) is 0 Å². The number of carbonyl (C=O) groups is 1. The van der Waals surface area contributed by atoms with E-state index in [1.807, 2.05) is 20.8 Å². The average Bonchev–Trinajstić information content (AvgIpc) is 2.60. The van der Waals surface area contributed by atoms with Crippen molar-refractivity contribution in [1.82, 2.24) is 14.9 Å². The van der Waals surface area contributed by atoms with Crippen molar-refractivity contribution in [2.24, 2.45) is 5.41 Å². The van der Waals surface area contributed by atoms with Gasteiger partial charge < -0.3 is 16.0 Å². The van der Waals surface area contributed by atoms with Crippen molar-refractivity contribution < 1.29 is 4.79 Å². The van der Waals surface area contributed by atoms with E-state index < -0.39 is 11.7 Å². The lowest BCUT2D eigenvalue weighted by atomic mass is 9.97. The topological polar surface area (TPSA) is 92.9 Å². The number of nitrogens with zero attached hydrogens (tertiary/aromatic N) is 1. The monoisotopic (exact) mass is 262 g/mol. The molecule has 0 atom stereocenters. The Balaban J connectivity index is 2.37. The van der Waals surface area contributed by atoms with Crippen LogP contribution in [0.2, 0.25) is 0 Å². The van der Waals surface area contributed by atoms with Gasteiger partial charge in [0.05, 0.1) is 11.0 Å². The van der Waals surface area contributed by atoms with Gasteiger partial charge in [0.1, 0.15) is 0 Å². The van der Waals surface area contributed by atoms with E-state index in [4.69, 9.17) is 5.73 Å². The van der Waals surface area contributed by atoms with Crippen LogP contribution in [0.4, 0.5) is 10.5 Å². The number of hydrogen-bond acceptors (Lipinski definition) is 3. The Labute approximate surface area is 110 Å². The maximum Gasteiger partial charge on any atom is 0.334 e. The lowest BCUT2D eigenvalue weighted by Gasteiger charge is -2.18. The minimum Gasteiger partial charge on any atom is -0.399 e. The molecule has 6 heteroatoms. The summed E-state index contributed by atoms with van der Waals surface area (Å²) in [6.45, 7) is 6.50. The molecule has 0 aliphatic carbocycles. The number of nitrogens with one attached hydrogen (secondary N) is 2. The van der Waals surface area contributed by atoms with Gasteiger partial charge in [-0.15, -0.1) is 0 Å². The highest BCUT2D eigenvalue weighted by atomic mass is 16.2. The second-order valence-electron chi connectivity index (χ2n) is 5.76. The summed E-state index contributed by atoms with van der Waals surface area (Å²) in [6, 6.07) is 4.50. The summed E-state index contributed by atoms with van der Waals surface area (Å²) < 4.78 is 1.08. The van der Waals surface area contributed by atoms with Crippen LogP contribution in [0.5, 0.6) is 0 Å². The molecule has 6 nitrogen and oxygen atoms in total. The number of aromatic amines is 1. The molecular weight excluding hydrogens is 244 g/mol. The summed E-state index contributed by atoms with van der Waals surface area (Å²) in [5.41, 5.74) is 6.74. The molecule has 0 bridgehead atoms. The van der Waals surface area contributed by atoms with E-state index in [0.29, 0.717) is 23.3 Å². The van der Waals surface area contributed by atoms with Crippen molar-refractivity contribution >= 4 is 22.8 Å². The molecule has 1 aromatic heterocycles. The summed E-state index contributed by atoms with van der Waals surface area (Å²) in [7, 11) is 0. The number of nitrogens with two attached hydrogens (primary N) is 1. The Morgan fingerprint density at radius 2 is 2.11 bits per heavy atom. The summed E-state index contributed by atoms with van der Waals surface area (Å²) in [5, 5.41) is 2.75. The number of amides is 1.